The molecule has 0 aliphatic heterocycles. The Morgan fingerprint density at radius 1 is 1.53 bits per heavy atom. The van der Waals surface area contributed by atoms with Crippen molar-refractivity contribution in [2.75, 3.05) is 0 Å². The Morgan fingerprint density at radius 3 is 2.63 bits per heavy atom. The van der Waals surface area contributed by atoms with Crippen LogP contribution in [0.5, 0.6) is 0 Å². The van der Waals surface area contributed by atoms with Gasteiger partial charge in [0.25, 0.3) is 0 Å². The second kappa shape index (κ2) is 6.44. The first-order chi connectivity index (χ1) is 8.76. The van der Waals surface area contributed by atoms with Gasteiger partial charge in [-0.25, -0.2) is 0 Å². The molecule has 1 unspecified atom stereocenters. The van der Waals surface area contributed by atoms with Gasteiger partial charge in [-0.1, -0.05) is 28.1 Å². The number of halogens is 4. The van der Waals surface area contributed by atoms with Crippen LogP contribution < -0.4 is 0 Å². The lowest BCUT2D eigenvalue weighted by Crippen LogP contribution is -2.09. The van der Waals surface area contributed by atoms with Crippen LogP contribution in [0, 0.1) is 11.3 Å². The van der Waals surface area contributed by atoms with Gasteiger partial charge in [0.2, 0.25) is 0 Å². The number of thioether (sulfide) groups is 1. The van der Waals surface area contributed by atoms with Crippen LogP contribution in [0.2, 0.25) is 0 Å². The topological polar surface area (TPSA) is 40.9 Å². The molecule has 7 heteroatoms. The lowest BCUT2D eigenvalue weighted by Gasteiger charge is -2.17. The van der Waals surface area contributed by atoms with E-state index in [-0.39, 0.29) is 34.4 Å². The molecule has 1 aromatic rings. The van der Waals surface area contributed by atoms with E-state index in [1.807, 2.05) is 6.07 Å². The van der Waals surface area contributed by atoms with Crippen LogP contribution in [0.25, 0.3) is 0 Å². The van der Waals surface area contributed by atoms with E-state index < -0.39 is 10.3 Å². The normalized spacial score (nSPS) is 12.8. The van der Waals surface area contributed by atoms with E-state index in [4.69, 9.17) is 5.26 Å². The van der Waals surface area contributed by atoms with Gasteiger partial charge < -0.3 is 0 Å². The highest BCUT2D eigenvalue weighted by Gasteiger charge is 2.32. The number of nitriles is 1. The van der Waals surface area contributed by atoms with Crippen LogP contribution in [0.3, 0.4) is 0 Å². The van der Waals surface area contributed by atoms with Crippen LogP contribution in [0.15, 0.2) is 23.1 Å². The number of Topliss-reactive ketones (excluding diaryl/α,β-unsaturated/α-hetero) is 1. The Bertz CT molecular complexity index is 525. The largest absolute Gasteiger partial charge is 0.446 e. The van der Waals surface area contributed by atoms with Gasteiger partial charge in [0.1, 0.15) is 5.78 Å². The molecule has 0 aliphatic carbocycles. The molecule has 0 heterocycles. The van der Waals surface area contributed by atoms with Crippen molar-refractivity contribution >= 4 is 33.5 Å². The van der Waals surface area contributed by atoms with Crippen molar-refractivity contribution in [1.29, 1.82) is 5.26 Å². The van der Waals surface area contributed by atoms with Crippen LogP contribution in [-0.2, 0) is 11.2 Å². The van der Waals surface area contributed by atoms with Gasteiger partial charge >= 0.3 is 5.51 Å². The number of rotatable bonds is 4. The molecule has 0 aliphatic rings. The van der Waals surface area contributed by atoms with E-state index in [1.54, 1.807) is 6.07 Å². The summed E-state index contributed by atoms with van der Waals surface area (Å²) in [5.74, 6) is -0.311. The van der Waals surface area contributed by atoms with E-state index in [2.05, 4.69) is 15.9 Å². The number of benzene rings is 1. The fraction of sp³-hybridized carbons (Fsp3) is 0.333. The standard InChI is InChI=1S/C12H9BrF3NOS/c1-7(18)11(13)10-8(5-6-17)3-2-4-9(10)19-12(14,15)16/h2-4,11H,5H2,1H3. The number of carbonyl (C=O) groups is 1. The van der Waals surface area contributed by atoms with Crippen molar-refractivity contribution in [2.24, 2.45) is 0 Å². The van der Waals surface area contributed by atoms with Crippen molar-refractivity contribution in [1.82, 2.24) is 0 Å². The Balaban J connectivity index is 3.34. The zero-order chi connectivity index (χ0) is 14.6. The number of hydrogen-bond donors (Lipinski definition) is 0. The lowest BCUT2D eigenvalue weighted by atomic mass is 10.0. The molecule has 0 fully saturated rings. The zero-order valence-corrected chi connectivity index (χ0v) is 12.2. The molecular weight excluding hydrogens is 343 g/mol. The first-order valence-corrected chi connectivity index (χ1v) is 6.88. The Kier molecular flexibility index (Phi) is 5.44. The number of alkyl halides is 4. The molecule has 2 nitrogen and oxygen atoms in total. The van der Waals surface area contributed by atoms with Gasteiger partial charge in [0.15, 0.2) is 0 Å². The average Bonchev–Trinajstić information content (AvgIpc) is 2.26. The zero-order valence-electron chi connectivity index (χ0n) is 9.79. The summed E-state index contributed by atoms with van der Waals surface area (Å²) < 4.78 is 37.5. The van der Waals surface area contributed by atoms with E-state index in [1.165, 1.54) is 19.1 Å². The van der Waals surface area contributed by atoms with Crippen molar-refractivity contribution in [3.8, 4) is 6.07 Å². The van der Waals surface area contributed by atoms with Crippen molar-refractivity contribution in [3.05, 3.63) is 29.3 Å². The molecular formula is C12H9BrF3NOS. The molecule has 1 atom stereocenters. The molecule has 0 N–H and O–H groups in total. The second-order valence-corrected chi connectivity index (χ2v) is 5.71. The quantitative estimate of drug-likeness (QED) is 0.596. The highest BCUT2D eigenvalue weighted by molar-refractivity contribution is 9.09. The van der Waals surface area contributed by atoms with E-state index in [9.17, 15) is 18.0 Å². The fourth-order valence-electron chi connectivity index (χ4n) is 1.53. The monoisotopic (exact) mass is 351 g/mol. The van der Waals surface area contributed by atoms with Gasteiger partial charge in [0, 0.05) is 4.90 Å². The van der Waals surface area contributed by atoms with Gasteiger partial charge in [-0.15, -0.1) is 0 Å². The third kappa shape index (κ3) is 4.55. The molecule has 1 aromatic carbocycles. The molecule has 0 spiro atoms. The maximum absolute atomic E-state index is 12.5. The molecule has 19 heavy (non-hydrogen) atoms. The summed E-state index contributed by atoms with van der Waals surface area (Å²) in [6.07, 6.45) is -0.0447. The first kappa shape index (κ1) is 16.1. The predicted octanol–water partition coefficient (Wildman–Crippen LogP) is 4.39. The molecule has 0 saturated heterocycles. The van der Waals surface area contributed by atoms with E-state index >= 15 is 0 Å². The Morgan fingerprint density at radius 2 is 2.16 bits per heavy atom. The maximum atomic E-state index is 12.5. The van der Waals surface area contributed by atoms with Crippen molar-refractivity contribution < 1.29 is 18.0 Å². The van der Waals surface area contributed by atoms with Gasteiger partial charge in [0.05, 0.1) is 17.3 Å². The average molecular weight is 352 g/mol. The smallest absolute Gasteiger partial charge is 0.298 e. The SMILES string of the molecule is CC(=O)C(Br)c1c(CC#N)cccc1SC(F)(F)F. The molecule has 0 radical (unpaired) electrons. The summed E-state index contributed by atoms with van der Waals surface area (Å²) in [7, 11) is 0. The van der Waals surface area contributed by atoms with E-state index in [0.717, 1.165) is 0 Å². The van der Waals surface area contributed by atoms with Crippen molar-refractivity contribution in [3.63, 3.8) is 0 Å². The Labute approximate surface area is 121 Å². The maximum Gasteiger partial charge on any atom is 0.446 e. The number of nitrogens with zero attached hydrogens (tertiary/aromatic N) is 1. The first-order valence-electron chi connectivity index (χ1n) is 5.15. The summed E-state index contributed by atoms with van der Waals surface area (Å²) >= 11 is 2.81. The summed E-state index contributed by atoms with van der Waals surface area (Å²) in [5.41, 5.74) is -3.79. The minimum atomic E-state index is -4.44. The number of carbonyl (C=O) groups excluding carboxylic acids is 1. The van der Waals surface area contributed by atoms with Gasteiger partial charge in [-0.05, 0) is 35.9 Å². The minimum Gasteiger partial charge on any atom is -0.298 e. The third-order valence-corrected chi connectivity index (χ3v) is 4.17. The van der Waals surface area contributed by atoms with Crippen LogP contribution >= 0.6 is 27.7 Å². The molecule has 0 aromatic heterocycles. The van der Waals surface area contributed by atoms with Crippen LogP contribution in [0.4, 0.5) is 13.2 Å². The summed E-state index contributed by atoms with van der Waals surface area (Å²) in [6.45, 7) is 1.28. The second-order valence-electron chi connectivity index (χ2n) is 3.68. The third-order valence-electron chi connectivity index (χ3n) is 2.26. The molecule has 102 valence electrons. The summed E-state index contributed by atoms with van der Waals surface area (Å²) in [4.78, 5) is 10.5. The van der Waals surface area contributed by atoms with Crippen molar-refractivity contribution in [2.45, 2.75) is 28.6 Å². The molecule has 1 rings (SSSR count). The molecule has 0 bridgehead atoms. The highest BCUT2D eigenvalue weighted by Crippen LogP contribution is 2.43. The predicted molar refractivity (Wildman–Crippen MR) is 70.0 cm³/mol. The lowest BCUT2D eigenvalue weighted by molar-refractivity contribution is -0.116. The fourth-order valence-corrected chi connectivity index (χ4v) is 2.98. The molecule has 0 saturated carbocycles. The summed E-state index contributed by atoms with van der Waals surface area (Å²) in [6, 6.07) is 6.18. The van der Waals surface area contributed by atoms with E-state index in [0.29, 0.717) is 5.56 Å². The molecule has 0 amide bonds. The van der Waals surface area contributed by atoms with Gasteiger partial charge in [-0.2, -0.15) is 18.4 Å². The summed E-state index contributed by atoms with van der Waals surface area (Å²) in [5, 5.41) is 8.71. The number of ketones is 1. The van der Waals surface area contributed by atoms with Gasteiger partial charge in [-0.3, -0.25) is 4.79 Å². The number of hydrogen-bond acceptors (Lipinski definition) is 3. The Hall–Kier alpha value is -1.00. The van der Waals surface area contributed by atoms with Crippen LogP contribution in [0.1, 0.15) is 22.9 Å². The minimum absolute atomic E-state index is 0.0447. The highest BCUT2D eigenvalue weighted by atomic mass is 79.9. The van der Waals surface area contributed by atoms with Crippen LogP contribution in [-0.4, -0.2) is 11.3 Å².